The van der Waals surface area contributed by atoms with E-state index < -0.39 is 5.82 Å². The van der Waals surface area contributed by atoms with Crippen LogP contribution in [0.15, 0.2) is 36.4 Å². The lowest BCUT2D eigenvalue weighted by atomic mass is 10.0. The van der Waals surface area contributed by atoms with Gasteiger partial charge in [-0.25, -0.2) is 4.39 Å². The first kappa shape index (κ1) is 16.9. The van der Waals surface area contributed by atoms with E-state index in [0.29, 0.717) is 18.9 Å². The molecule has 1 atom stereocenters. The number of carbonyl (C=O) groups excluding carboxylic acids is 1. The van der Waals surface area contributed by atoms with Crippen molar-refractivity contribution in [3.63, 3.8) is 0 Å². The molecule has 2 aromatic carbocycles. The Balaban J connectivity index is 1.71. The predicted molar refractivity (Wildman–Crippen MR) is 97.8 cm³/mol. The van der Waals surface area contributed by atoms with Crippen molar-refractivity contribution in [1.29, 1.82) is 0 Å². The molecule has 4 nitrogen and oxygen atoms in total. The van der Waals surface area contributed by atoms with Gasteiger partial charge in [-0.1, -0.05) is 12.1 Å². The molecule has 0 N–H and O–H groups in total. The van der Waals surface area contributed by atoms with Crippen LogP contribution in [0.1, 0.15) is 48.1 Å². The lowest BCUT2D eigenvalue weighted by Gasteiger charge is -2.29. The molecule has 0 unspecified atom stereocenters. The van der Waals surface area contributed by atoms with E-state index in [0.717, 1.165) is 42.9 Å². The summed E-state index contributed by atoms with van der Waals surface area (Å²) in [6, 6.07) is 11.0. The molecule has 1 fully saturated rings. The molecule has 0 saturated carbocycles. The Bertz CT molecular complexity index is 836. The normalized spacial score (nSPS) is 19.3. The predicted octanol–water partition coefficient (Wildman–Crippen LogP) is 4.53. The minimum Gasteiger partial charge on any atom is -0.490 e. The van der Waals surface area contributed by atoms with Gasteiger partial charge in [0.1, 0.15) is 5.82 Å². The number of ketones is 1. The summed E-state index contributed by atoms with van der Waals surface area (Å²) in [5, 5.41) is 0. The van der Waals surface area contributed by atoms with Crippen LogP contribution in [0.25, 0.3) is 0 Å². The van der Waals surface area contributed by atoms with E-state index in [1.54, 1.807) is 6.07 Å². The number of halogens is 1. The first-order valence-corrected chi connectivity index (χ1v) is 9.11. The van der Waals surface area contributed by atoms with Gasteiger partial charge in [-0.2, -0.15) is 0 Å². The zero-order valence-corrected chi connectivity index (χ0v) is 14.8. The molecule has 2 heterocycles. The molecule has 2 aromatic rings. The number of hydrogen-bond donors (Lipinski definition) is 0. The molecule has 4 rings (SSSR count). The average Bonchev–Trinajstić information content (AvgIpc) is 2.99. The van der Waals surface area contributed by atoms with Crippen LogP contribution in [0.3, 0.4) is 0 Å². The van der Waals surface area contributed by atoms with Crippen LogP contribution in [0.4, 0.5) is 10.1 Å². The van der Waals surface area contributed by atoms with Gasteiger partial charge in [-0.3, -0.25) is 4.79 Å². The summed E-state index contributed by atoms with van der Waals surface area (Å²) in [4.78, 5) is 14.2. The lowest BCUT2D eigenvalue weighted by molar-refractivity contribution is 0.101. The maximum absolute atomic E-state index is 14.3. The third kappa shape index (κ3) is 3.02. The second-order valence-electron chi connectivity index (χ2n) is 6.80. The van der Waals surface area contributed by atoms with Crippen LogP contribution in [0.5, 0.6) is 11.5 Å². The van der Waals surface area contributed by atoms with Crippen LogP contribution in [0.2, 0.25) is 0 Å². The Kier molecular flexibility index (Phi) is 4.53. The molecule has 0 radical (unpaired) electrons. The number of rotatable bonds is 3. The van der Waals surface area contributed by atoms with Crippen molar-refractivity contribution in [2.75, 3.05) is 24.7 Å². The van der Waals surface area contributed by atoms with Crippen molar-refractivity contribution in [1.82, 2.24) is 0 Å². The third-order valence-corrected chi connectivity index (χ3v) is 5.06. The molecule has 2 aliphatic rings. The molecule has 5 heteroatoms. The highest BCUT2D eigenvalue weighted by atomic mass is 19.1. The van der Waals surface area contributed by atoms with Gasteiger partial charge in [-0.05, 0) is 49.6 Å². The summed E-state index contributed by atoms with van der Waals surface area (Å²) in [7, 11) is 0. The maximum Gasteiger partial charge on any atom is 0.164 e. The summed E-state index contributed by atoms with van der Waals surface area (Å²) in [6.07, 6.45) is 2.81. The highest BCUT2D eigenvalue weighted by Gasteiger charge is 2.30. The van der Waals surface area contributed by atoms with Crippen molar-refractivity contribution in [2.24, 2.45) is 0 Å². The van der Waals surface area contributed by atoms with Crippen LogP contribution in [0, 0.1) is 5.82 Å². The first-order valence-electron chi connectivity index (χ1n) is 9.11. The monoisotopic (exact) mass is 355 g/mol. The summed E-state index contributed by atoms with van der Waals surface area (Å²) >= 11 is 0. The number of carbonyl (C=O) groups is 1. The van der Waals surface area contributed by atoms with Gasteiger partial charge in [0.25, 0.3) is 0 Å². The molecule has 26 heavy (non-hydrogen) atoms. The molecule has 0 bridgehead atoms. The van der Waals surface area contributed by atoms with Crippen molar-refractivity contribution in [2.45, 2.75) is 32.2 Å². The topological polar surface area (TPSA) is 38.8 Å². The van der Waals surface area contributed by atoms with Gasteiger partial charge in [0.15, 0.2) is 17.3 Å². The quantitative estimate of drug-likeness (QED) is 0.758. The fraction of sp³-hybridized carbons (Fsp3) is 0.381. The van der Waals surface area contributed by atoms with E-state index in [9.17, 15) is 9.18 Å². The van der Waals surface area contributed by atoms with Crippen molar-refractivity contribution in [3.8, 4) is 11.5 Å². The van der Waals surface area contributed by atoms with E-state index >= 15 is 0 Å². The highest BCUT2D eigenvalue weighted by molar-refractivity contribution is 6.00. The fourth-order valence-corrected chi connectivity index (χ4v) is 3.89. The standard InChI is InChI=1S/C21H22FNO3/c1-14(24)21-16(22)5-2-6-18(21)23-10-3-7-17(23)15-8-9-19-20(13-15)26-12-4-11-25-19/h2,5-6,8-9,13,17H,3-4,7,10-12H2,1H3/t17-/m1/s1. The van der Waals surface area contributed by atoms with Gasteiger partial charge in [-0.15, -0.1) is 0 Å². The lowest BCUT2D eigenvalue weighted by Crippen LogP contribution is -2.25. The molecular formula is C21H22FNO3. The van der Waals surface area contributed by atoms with Crippen molar-refractivity contribution < 1.29 is 18.7 Å². The van der Waals surface area contributed by atoms with E-state index in [4.69, 9.17) is 9.47 Å². The summed E-state index contributed by atoms with van der Waals surface area (Å²) in [5.74, 6) is 0.825. The van der Waals surface area contributed by atoms with E-state index in [1.807, 2.05) is 24.3 Å². The van der Waals surface area contributed by atoms with Gasteiger partial charge < -0.3 is 14.4 Å². The smallest absolute Gasteiger partial charge is 0.164 e. The SMILES string of the molecule is CC(=O)c1c(F)cccc1N1CCC[C@@H]1c1ccc2c(c1)OCCCO2. The van der Waals surface area contributed by atoms with Crippen LogP contribution in [-0.2, 0) is 0 Å². The largest absolute Gasteiger partial charge is 0.490 e. The zero-order valence-electron chi connectivity index (χ0n) is 14.8. The van der Waals surface area contributed by atoms with Crippen LogP contribution >= 0.6 is 0 Å². The van der Waals surface area contributed by atoms with Crippen LogP contribution in [-0.4, -0.2) is 25.5 Å². The Morgan fingerprint density at radius 2 is 1.92 bits per heavy atom. The summed E-state index contributed by atoms with van der Waals surface area (Å²) < 4.78 is 25.8. The molecular weight excluding hydrogens is 333 g/mol. The minimum absolute atomic E-state index is 0.0899. The van der Waals surface area contributed by atoms with E-state index in [-0.39, 0.29) is 17.4 Å². The molecule has 0 amide bonds. The Labute approximate surface area is 152 Å². The Morgan fingerprint density at radius 3 is 2.73 bits per heavy atom. The third-order valence-electron chi connectivity index (χ3n) is 5.06. The second-order valence-corrected chi connectivity index (χ2v) is 6.80. The number of Topliss-reactive ketones (excluding diaryl/α,β-unsaturated/α-hetero) is 1. The number of nitrogens with zero attached hydrogens (tertiary/aromatic N) is 1. The van der Waals surface area contributed by atoms with E-state index in [2.05, 4.69) is 4.90 Å². The second kappa shape index (κ2) is 6.98. The molecule has 0 aliphatic carbocycles. The molecule has 1 saturated heterocycles. The van der Waals surface area contributed by atoms with E-state index in [1.165, 1.54) is 13.0 Å². The van der Waals surface area contributed by atoms with Gasteiger partial charge in [0.05, 0.1) is 30.5 Å². The minimum atomic E-state index is -0.459. The summed E-state index contributed by atoms with van der Waals surface area (Å²) in [5.41, 5.74) is 1.95. The van der Waals surface area contributed by atoms with Crippen molar-refractivity contribution in [3.05, 3.63) is 53.3 Å². The Morgan fingerprint density at radius 1 is 1.12 bits per heavy atom. The maximum atomic E-state index is 14.3. The fourth-order valence-electron chi connectivity index (χ4n) is 3.89. The summed E-state index contributed by atoms with van der Waals surface area (Å²) in [6.45, 7) is 3.51. The Hall–Kier alpha value is -2.56. The van der Waals surface area contributed by atoms with Crippen LogP contribution < -0.4 is 14.4 Å². The number of fused-ring (bicyclic) bond motifs is 1. The van der Waals surface area contributed by atoms with Crippen molar-refractivity contribution >= 4 is 11.5 Å². The number of hydrogen-bond acceptors (Lipinski definition) is 4. The molecule has 136 valence electrons. The van der Waals surface area contributed by atoms with Gasteiger partial charge in [0.2, 0.25) is 0 Å². The molecule has 0 spiro atoms. The molecule has 0 aromatic heterocycles. The first-order chi connectivity index (χ1) is 12.6. The highest BCUT2D eigenvalue weighted by Crippen LogP contribution is 2.41. The average molecular weight is 355 g/mol. The zero-order chi connectivity index (χ0) is 18.1. The van der Waals surface area contributed by atoms with Gasteiger partial charge >= 0.3 is 0 Å². The number of anilines is 1. The number of ether oxygens (including phenoxy) is 2. The number of benzene rings is 2. The van der Waals surface area contributed by atoms with Gasteiger partial charge in [0, 0.05) is 13.0 Å². The molecule has 2 aliphatic heterocycles.